The molecule has 7 heteroatoms. The minimum absolute atomic E-state index is 0.312. The minimum atomic E-state index is -1.55. The lowest BCUT2D eigenvalue weighted by Crippen LogP contribution is -2.42. The zero-order valence-electron chi connectivity index (χ0n) is 14.4. The standard InChI is InChI=1S/C16H24N2O4S/c1-14(2)7-8-9(11(17)19)12(18-13(20)15(3,4)21)23-10(8)16(5,6)22-14/h21H,7H2,1-6H3,(H2,17,19)(H,18,20). The number of rotatable bonds is 3. The van der Waals surface area contributed by atoms with Gasteiger partial charge in [0.15, 0.2) is 0 Å². The quantitative estimate of drug-likeness (QED) is 0.784. The fourth-order valence-electron chi connectivity index (χ4n) is 2.92. The molecule has 1 aliphatic heterocycles. The van der Waals surface area contributed by atoms with Crippen molar-refractivity contribution < 1.29 is 19.4 Å². The number of hydrogen-bond acceptors (Lipinski definition) is 5. The third-order valence-corrected chi connectivity index (χ3v) is 5.17. The number of nitrogens with two attached hydrogens (primary N) is 1. The highest BCUT2D eigenvalue weighted by molar-refractivity contribution is 7.17. The second-order valence-electron chi connectivity index (χ2n) is 7.54. The van der Waals surface area contributed by atoms with Crippen molar-refractivity contribution in [3.8, 4) is 0 Å². The van der Waals surface area contributed by atoms with Crippen LogP contribution in [-0.4, -0.2) is 28.1 Å². The summed E-state index contributed by atoms with van der Waals surface area (Å²) in [5, 5.41) is 12.8. The second kappa shape index (κ2) is 5.29. The molecular formula is C16H24N2O4S. The van der Waals surface area contributed by atoms with E-state index in [4.69, 9.17) is 10.5 Å². The van der Waals surface area contributed by atoms with Crippen LogP contribution in [0.1, 0.15) is 62.3 Å². The summed E-state index contributed by atoms with van der Waals surface area (Å²) in [6.07, 6.45) is 0.527. The maximum atomic E-state index is 12.1. The molecule has 1 aromatic heterocycles. The Kier molecular flexibility index (Phi) is 4.12. The van der Waals surface area contributed by atoms with Gasteiger partial charge in [0.2, 0.25) is 0 Å². The van der Waals surface area contributed by atoms with Crippen molar-refractivity contribution in [2.45, 2.75) is 64.8 Å². The molecule has 128 valence electrons. The first-order chi connectivity index (χ1) is 10.2. The predicted octanol–water partition coefficient (Wildman–Crippen LogP) is 2.14. The van der Waals surface area contributed by atoms with Gasteiger partial charge in [0.05, 0.1) is 16.8 Å². The highest BCUT2D eigenvalue weighted by Crippen LogP contribution is 2.48. The number of primary amides is 1. The molecule has 0 radical (unpaired) electrons. The van der Waals surface area contributed by atoms with Crippen LogP contribution in [0.4, 0.5) is 5.00 Å². The van der Waals surface area contributed by atoms with Crippen molar-refractivity contribution in [3.63, 3.8) is 0 Å². The van der Waals surface area contributed by atoms with E-state index in [9.17, 15) is 14.7 Å². The number of amides is 2. The van der Waals surface area contributed by atoms with E-state index in [1.807, 2.05) is 27.7 Å². The van der Waals surface area contributed by atoms with Crippen LogP contribution >= 0.6 is 11.3 Å². The SMILES string of the molecule is CC1(C)Cc2c(sc(NC(=O)C(C)(C)O)c2C(N)=O)C(C)(C)O1. The largest absolute Gasteiger partial charge is 0.381 e. The summed E-state index contributed by atoms with van der Waals surface area (Å²) in [4.78, 5) is 24.9. The number of hydrogen-bond donors (Lipinski definition) is 3. The third kappa shape index (κ3) is 3.41. The molecule has 0 unspecified atom stereocenters. The Morgan fingerprint density at radius 1 is 1.30 bits per heavy atom. The highest BCUT2D eigenvalue weighted by Gasteiger charge is 2.43. The Morgan fingerprint density at radius 2 is 1.87 bits per heavy atom. The van der Waals surface area contributed by atoms with Gasteiger partial charge < -0.3 is 20.9 Å². The Bertz CT molecular complexity index is 668. The summed E-state index contributed by atoms with van der Waals surface area (Å²) in [6, 6.07) is 0. The first-order valence-corrected chi connectivity index (χ1v) is 8.26. The van der Waals surface area contributed by atoms with Gasteiger partial charge in [0.1, 0.15) is 10.6 Å². The van der Waals surface area contributed by atoms with Crippen molar-refractivity contribution in [2.24, 2.45) is 5.73 Å². The molecule has 0 aromatic carbocycles. The third-order valence-electron chi connectivity index (χ3n) is 3.72. The minimum Gasteiger partial charge on any atom is -0.381 e. The molecule has 2 rings (SSSR count). The maximum Gasteiger partial charge on any atom is 0.256 e. The molecule has 0 atom stereocenters. The monoisotopic (exact) mass is 340 g/mol. The lowest BCUT2D eigenvalue weighted by Gasteiger charge is -2.41. The first kappa shape index (κ1) is 17.9. The lowest BCUT2D eigenvalue weighted by atomic mass is 9.86. The van der Waals surface area contributed by atoms with Gasteiger partial charge in [-0.2, -0.15) is 0 Å². The molecule has 0 saturated carbocycles. The zero-order chi connectivity index (χ0) is 17.8. The molecule has 6 nitrogen and oxygen atoms in total. The highest BCUT2D eigenvalue weighted by atomic mass is 32.1. The molecule has 2 heterocycles. The molecule has 0 bridgehead atoms. The van der Waals surface area contributed by atoms with Gasteiger partial charge in [0, 0.05) is 11.3 Å². The number of ether oxygens (including phenoxy) is 1. The number of carbonyl (C=O) groups is 2. The smallest absolute Gasteiger partial charge is 0.256 e. The number of carbonyl (C=O) groups excluding carboxylic acids is 2. The predicted molar refractivity (Wildman–Crippen MR) is 89.7 cm³/mol. The van der Waals surface area contributed by atoms with Gasteiger partial charge in [0.25, 0.3) is 11.8 Å². The fraction of sp³-hybridized carbons (Fsp3) is 0.625. The van der Waals surface area contributed by atoms with E-state index < -0.39 is 28.6 Å². The van der Waals surface area contributed by atoms with Crippen LogP contribution in [0.3, 0.4) is 0 Å². The van der Waals surface area contributed by atoms with Crippen molar-refractivity contribution in [1.29, 1.82) is 0 Å². The van der Waals surface area contributed by atoms with E-state index >= 15 is 0 Å². The summed E-state index contributed by atoms with van der Waals surface area (Å²) < 4.78 is 6.10. The van der Waals surface area contributed by atoms with Gasteiger partial charge in [-0.05, 0) is 47.1 Å². The van der Waals surface area contributed by atoms with E-state index in [-0.39, 0.29) is 0 Å². The van der Waals surface area contributed by atoms with Crippen LogP contribution < -0.4 is 11.1 Å². The number of thiophene rings is 1. The van der Waals surface area contributed by atoms with Crippen LogP contribution in [0.5, 0.6) is 0 Å². The fourth-order valence-corrected chi connectivity index (χ4v) is 4.18. The Morgan fingerprint density at radius 3 is 2.35 bits per heavy atom. The van der Waals surface area contributed by atoms with E-state index in [0.29, 0.717) is 17.0 Å². The Hall–Kier alpha value is -1.44. The van der Waals surface area contributed by atoms with Crippen molar-refractivity contribution >= 4 is 28.2 Å². The molecular weight excluding hydrogens is 316 g/mol. The summed E-state index contributed by atoms with van der Waals surface area (Å²) in [7, 11) is 0. The first-order valence-electron chi connectivity index (χ1n) is 7.44. The summed E-state index contributed by atoms with van der Waals surface area (Å²) in [6.45, 7) is 10.5. The van der Waals surface area contributed by atoms with Crippen molar-refractivity contribution in [2.75, 3.05) is 5.32 Å². The van der Waals surface area contributed by atoms with E-state index in [0.717, 1.165) is 10.4 Å². The number of fused-ring (bicyclic) bond motifs is 1. The molecule has 1 aromatic rings. The normalized spacial score (nSPS) is 19.1. The summed E-state index contributed by atoms with van der Waals surface area (Å²) >= 11 is 1.27. The van der Waals surface area contributed by atoms with Crippen LogP contribution in [0.25, 0.3) is 0 Å². The van der Waals surface area contributed by atoms with Gasteiger partial charge in [-0.3, -0.25) is 9.59 Å². The van der Waals surface area contributed by atoms with Gasteiger partial charge in [-0.25, -0.2) is 0 Å². The zero-order valence-corrected chi connectivity index (χ0v) is 15.2. The Labute approximate surface area is 140 Å². The molecule has 0 aliphatic carbocycles. The van der Waals surface area contributed by atoms with Gasteiger partial charge in [-0.15, -0.1) is 11.3 Å². The summed E-state index contributed by atoms with van der Waals surface area (Å²) in [5.74, 6) is -1.18. The molecule has 1 aliphatic rings. The topological polar surface area (TPSA) is 102 Å². The van der Waals surface area contributed by atoms with E-state index in [2.05, 4.69) is 5.32 Å². The molecule has 0 saturated heterocycles. The van der Waals surface area contributed by atoms with E-state index in [1.165, 1.54) is 25.2 Å². The second-order valence-corrected chi connectivity index (χ2v) is 8.56. The molecule has 4 N–H and O–H groups in total. The summed E-state index contributed by atoms with van der Waals surface area (Å²) in [5.41, 5.74) is 4.10. The average molecular weight is 340 g/mol. The number of aliphatic hydroxyl groups is 1. The van der Waals surface area contributed by atoms with Crippen LogP contribution in [0, 0.1) is 0 Å². The van der Waals surface area contributed by atoms with Crippen LogP contribution in [-0.2, 0) is 21.6 Å². The average Bonchev–Trinajstić information content (AvgIpc) is 2.63. The molecule has 0 spiro atoms. The lowest BCUT2D eigenvalue weighted by molar-refractivity contribution is -0.135. The molecule has 23 heavy (non-hydrogen) atoms. The Balaban J connectivity index is 2.57. The molecule has 0 fully saturated rings. The number of nitrogens with one attached hydrogen (secondary N) is 1. The molecule has 2 amide bonds. The van der Waals surface area contributed by atoms with Crippen LogP contribution in [0.15, 0.2) is 0 Å². The number of anilines is 1. The maximum absolute atomic E-state index is 12.1. The van der Waals surface area contributed by atoms with Crippen molar-refractivity contribution in [1.82, 2.24) is 0 Å². The van der Waals surface area contributed by atoms with Gasteiger partial charge >= 0.3 is 0 Å². The van der Waals surface area contributed by atoms with Crippen molar-refractivity contribution in [3.05, 3.63) is 16.0 Å². The van der Waals surface area contributed by atoms with E-state index in [1.54, 1.807) is 0 Å². The van der Waals surface area contributed by atoms with Gasteiger partial charge in [-0.1, -0.05) is 0 Å². The van der Waals surface area contributed by atoms with Crippen LogP contribution in [0.2, 0.25) is 0 Å².